The molecule has 0 bridgehead atoms. The van der Waals surface area contributed by atoms with E-state index in [1.165, 1.54) is 28.1 Å². The highest BCUT2D eigenvalue weighted by molar-refractivity contribution is 5.75. The summed E-state index contributed by atoms with van der Waals surface area (Å²) in [5.41, 5.74) is 9.31. The van der Waals surface area contributed by atoms with Crippen LogP contribution in [-0.4, -0.2) is 113 Å². The first-order valence-electron chi connectivity index (χ1n) is 14.3. The summed E-state index contributed by atoms with van der Waals surface area (Å²) in [6.45, 7) is 8.53. The number of ether oxygens (including phenoxy) is 9. The molecule has 2 aliphatic heterocycles. The van der Waals surface area contributed by atoms with Crippen LogP contribution >= 0.6 is 0 Å². The number of methoxy groups -OCH3 is 2. The topological polar surface area (TPSA) is 183 Å². The van der Waals surface area contributed by atoms with Crippen molar-refractivity contribution in [3.05, 3.63) is 10.4 Å². The van der Waals surface area contributed by atoms with Crippen molar-refractivity contribution < 1.29 is 57.0 Å². The zero-order valence-electron chi connectivity index (χ0n) is 25.5. The molecule has 2 saturated heterocycles. The molecule has 2 rings (SSSR count). The van der Waals surface area contributed by atoms with Gasteiger partial charge in [-0.1, -0.05) is 31.8 Å². The number of hydrogen-bond acceptors (Lipinski definition) is 13. The van der Waals surface area contributed by atoms with Crippen LogP contribution in [0.5, 0.6) is 0 Å². The molecule has 240 valence electrons. The maximum Gasteiger partial charge on any atom is 0.337 e. The summed E-state index contributed by atoms with van der Waals surface area (Å²) in [5, 5.41) is 3.91. The monoisotopic (exact) mass is 603 g/mol. The van der Waals surface area contributed by atoms with E-state index in [-0.39, 0.29) is 13.2 Å². The van der Waals surface area contributed by atoms with Gasteiger partial charge in [-0.25, -0.2) is 4.79 Å². The average molecular weight is 604 g/mol. The number of rotatable bonds is 16. The van der Waals surface area contributed by atoms with Crippen molar-refractivity contribution in [2.24, 2.45) is 5.11 Å². The molecule has 0 radical (unpaired) electrons. The summed E-state index contributed by atoms with van der Waals surface area (Å²) >= 11 is 0. The smallest absolute Gasteiger partial charge is 0.337 e. The fraction of sp³-hybridized carbons (Fsp3) is 0.889. The first-order chi connectivity index (χ1) is 20.1. The fourth-order valence-corrected chi connectivity index (χ4v) is 4.89. The van der Waals surface area contributed by atoms with Gasteiger partial charge in [-0.05, 0) is 25.3 Å². The van der Waals surface area contributed by atoms with E-state index < -0.39 is 79.1 Å². The number of carbonyl (C=O) groups excluding carboxylic acids is 3. The Morgan fingerprint density at radius 2 is 1.52 bits per heavy atom. The second-order valence-corrected chi connectivity index (χ2v) is 10.1. The second-order valence-electron chi connectivity index (χ2n) is 10.1. The van der Waals surface area contributed by atoms with Gasteiger partial charge in [-0.2, -0.15) is 0 Å². The fourth-order valence-electron chi connectivity index (χ4n) is 4.89. The molecule has 15 nitrogen and oxygen atoms in total. The normalized spacial score (nSPS) is 32.8. The van der Waals surface area contributed by atoms with Crippen molar-refractivity contribution in [3.8, 4) is 0 Å². The van der Waals surface area contributed by atoms with Crippen LogP contribution in [0.2, 0.25) is 0 Å². The van der Waals surface area contributed by atoms with E-state index in [9.17, 15) is 19.9 Å². The van der Waals surface area contributed by atoms with Crippen LogP contribution in [0.3, 0.4) is 0 Å². The van der Waals surface area contributed by atoms with Gasteiger partial charge in [0.1, 0.15) is 31.0 Å². The van der Waals surface area contributed by atoms with Gasteiger partial charge in [0, 0.05) is 39.1 Å². The molecule has 0 aromatic carbocycles. The number of azide groups is 1. The van der Waals surface area contributed by atoms with Crippen molar-refractivity contribution in [3.63, 3.8) is 0 Å². The van der Waals surface area contributed by atoms with Gasteiger partial charge in [-0.3, -0.25) is 9.59 Å². The molecule has 2 fully saturated rings. The van der Waals surface area contributed by atoms with Gasteiger partial charge >= 0.3 is 17.9 Å². The summed E-state index contributed by atoms with van der Waals surface area (Å²) in [7, 11) is 2.58. The van der Waals surface area contributed by atoms with E-state index in [0.29, 0.717) is 19.4 Å². The standard InChI is InChI=1S/C27H45N3O12/c1-8-10-12-36-21-19(29-30-28)15(3)39-18(14-38-16(4)31)20(21)41-27-25(40-17(5)32)23(37-13-11-9-2)22(34-6)24(42-27)26(33)35-7/h15,18-25,27H,8-14H2,1-7H3/t15-,18?,19+,20+,21?,22-,23?,24?,25-,27+/m0/s1. The molecule has 0 N–H and O–H groups in total. The highest BCUT2D eigenvalue weighted by Gasteiger charge is 2.55. The molecule has 0 spiro atoms. The molecule has 42 heavy (non-hydrogen) atoms. The molecule has 0 saturated carbocycles. The van der Waals surface area contributed by atoms with Crippen molar-refractivity contribution >= 4 is 17.9 Å². The van der Waals surface area contributed by atoms with Crippen LogP contribution in [0.25, 0.3) is 10.4 Å². The van der Waals surface area contributed by atoms with Crippen molar-refractivity contribution in [2.45, 2.75) is 121 Å². The van der Waals surface area contributed by atoms with E-state index >= 15 is 0 Å². The Labute approximate surface area is 246 Å². The van der Waals surface area contributed by atoms with Gasteiger partial charge in [0.25, 0.3) is 0 Å². The summed E-state index contributed by atoms with van der Waals surface area (Å²) in [6.07, 6.45) is -6.35. The highest BCUT2D eigenvalue weighted by Crippen LogP contribution is 2.35. The lowest BCUT2D eigenvalue weighted by Gasteiger charge is -2.48. The average Bonchev–Trinajstić information content (AvgIpc) is 2.95. The van der Waals surface area contributed by atoms with Crippen LogP contribution in [0.4, 0.5) is 0 Å². The van der Waals surface area contributed by atoms with Gasteiger partial charge in [0.05, 0.1) is 25.4 Å². The highest BCUT2D eigenvalue weighted by atomic mass is 16.7. The molecule has 10 atom stereocenters. The Hall–Kier alpha value is -2.52. The third kappa shape index (κ3) is 9.76. The minimum atomic E-state index is -1.41. The van der Waals surface area contributed by atoms with Crippen LogP contribution < -0.4 is 0 Å². The molecule has 15 heteroatoms. The third-order valence-electron chi connectivity index (χ3n) is 6.94. The largest absolute Gasteiger partial charge is 0.467 e. The minimum absolute atomic E-state index is 0.219. The Bertz CT molecular complexity index is 917. The van der Waals surface area contributed by atoms with Crippen molar-refractivity contribution in [2.75, 3.05) is 34.0 Å². The number of hydrogen-bond donors (Lipinski definition) is 0. The first-order valence-corrected chi connectivity index (χ1v) is 14.3. The summed E-state index contributed by atoms with van der Waals surface area (Å²) in [4.78, 5) is 39.8. The van der Waals surface area contributed by atoms with Crippen molar-refractivity contribution in [1.29, 1.82) is 0 Å². The van der Waals surface area contributed by atoms with Gasteiger partial charge in [0.15, 0.2) is 18.5 Å². The van der Waals surface area contributed by atoms with Gasteiger partial charge in [-0.15, -0.1) is 0 Å². The molecular formula is C27H45N3O12. The molecule has 0 aromatic rings. The Kier molecular flexibility index (Phi) is 15.5. The Balaban J connectivity index is 2.58. The van der Waals surface area contributed by atoms with Crippen LogP contribution in [0.1, 0.15) is 60.3 Å². The van der Waals surface area contributed by atoms with Crippen LogP contribution in [0, 0.1) is 0 Å². The summed E-state index contributed by atoms with van der Waals surface area (Å²) in [5.74, 6) is -1.95. The lowest BCUT2D eigenvalue weighted by molar-refractivity contribution is -0.338. The maximum absolute atomic E-state index is 12.8. The number of carbonyl (C=O) groups is 3. The molecule has 2 heterocycles. The predicted molar refractivity (Wildman–Crippen MR) is 145 cm³/mol. The number of unbranched alkanes of at least 4 members (excludes halogenated alkanes) is 2. The zero-order valence-corrected chi connectivity index (χ0v) is 25.5. The predicted octanol–water partition coefficient (Wildman–Crippen LogP) is 2.62. The Morgan fingerprint density at radius 1 is 0.881 bits per heavy atom. The van der Waals surface area contributed by atoms with E-state index in [0.717, 1.165) is 12.8 Å². The quantitative estimate of drug-likeness (QED) is 0.0628. The maximum atomic E-state index is 12.8. The SMILES string of the molecule is CCCCOC1[C@H](O[C@@H]2OC(C(=O)OC)[C@@H](OC)C(OCCCC)[C@@H]2OC(C)=O)C(COC(C)=O)O[C@@H](C)[C@H]1N=[N+]=[N-]. The molecule has 2 aliphatic rings. The summed E-state index contributed by atoms with van der Waals surface area (Å²) < 4.78 is 52.4. The van der Waals surface area contributed by atoms with Crippen molar-refractivity contribution in [1.82, 2.24) is 0 Å². The zero-order chi connectivity index (χ0) is 31.2. The number of esters is 3. The van der Waals surface area contributed by atoms with E-state index in [1.54, 1.807) is 6.92 Å². The summed E-state index contributed by atoms with van der Waals surface area (Å²) in [6, 6.07) is -0.832. The van der Waals surface area contributed by atoms with Crippen LogP contribution in [0.15, 0.2) is 5.11 Å². The first kappa shape index (κ1) is 35.7. The van der Waals surface area contributed by atoms with Gasteiger partial charge in [0.2, 0.25) is 0 Å². The molecule has 0 aliphatic carbocycles. The van der Waals surface area contributed by atoms with Crippen LogP contribution in [-0.2, 0) is 57.0 Å². The lowest BCUT2D eigenvalue weighted by Crippen LogP contribution is -2.66. The Morgan fingerprint density at radius 3 is 2.05 bits per heavy atom. The molecule has 0 aromatic heterocycles. The van der Waals surface area contributed by atoms with E-state index in [1.807, 2.05) is 13.8 Å². The van der Waals surface area contributed by atoms with Gasteiger partial charge < -0.3 is 42.6 Å². The minimum Gasteiger partial charge on any atom is -0.467 e. The molecular weight excluding hydrogens is 558 g/mol. The lowest BCUT2D eigenvalue weighted by atomic mass is 9.93. The van der Waals surface area contributed by atoms with E-state index in [2.05, 4.69) is 10.0 Å². The second kappa shape index (κ2) is 18.2. The molecule has 0 amide bonds. The third-order valence-corrected chi connectivity index (χ3v) is 6.94. The van der Waals surface area contributed by atoms with E-state index in [4.69, 9.17) is 42.6 Å². The number of nitrogens with zero attached hydrogens (tertiary/aromatic N) is 3. The molecule has 4 unspecified atom stereocenters.